The van der Waals surface area contributed by atoms with Crippen molar-refractivity contribution in [3.05, 3.63) is 94.9 Å². The number of rotatable bonds is 5. The first-order chi connectivity index (χ1) is 17.4. The molecule has 1 fully saturated rings. The first kappa shape index (κ1) is 23.4. The molecule has 3 aromatic carbocycles. The van der Waals surface area contributed by atoms with Crippen LogP contribution in [0.2, 0.25) is 0 Å². The maximum absolute atomic E-state index is 15.2. The number of hydrogen-bond acceptors (Lipinski definition) is 6. The number of nitrogens with one attached hydrogen (secondary N) is 2. The Bertz CT molecular complexity index is 1490. The van der Waals surface area contributed by atoms with Crippen LogP contribution in [0.5, 0.6) is 0 Å². The molecule has 0 saturated carbocycles. The van der Waals surface area contributed by atoms with Crippen LogP contribution in [0, 0.1) is 17.5 Å². The van der Waals surface area contributed by atoms with Crippen molar-refractivity contribution in [2.75, 3.05) is 36.4 Å². The predicted octanol–water partition coefficient (Wildman–Crippen LogP) is 3.94. The van der Waals surface area contributed by atoms with E-state index in [-0.39, 0.29) is 22.4 Å². The van der Waals surface area contributed by atoms with Crippen molar-refractivity contribution in [1.82, 2.24) is 15.3 Å². The molecule has 36 heavy (non-hydrogen) atoms. The molecule has 7 nitrogen and oxygen atoms in total. The number of piperazine rings is 1. The molecule has 2 N–H and O–H groups in total. The molecular weight excluding hydrogens is 471 g/mol. The van der Waals surface area contributed by atoms with Gasteiger partial charge in [0, 0.05) is 37.3 Å². The first-order valence-electron chi connectivity index (χ1n) is 11.2. The van der Waals surface area contributed by atoms with E-state index in [1.807, 2.05) is 0 Å². The number of carbonyl (C=O) groups excluding carboxylic acids is 2. The highest BCUT2D eigenvalue weighted by Gasteiger charge is 2.20. The topological polar surface area (TPSA) is 87.2 Å². The molecule has 0 aliphatic carbocycles. The Balaban J connectivity index is 1.41. The Hall–Kier alpha value is -4.31. The van der Waals surface area contributed by atoms with Crippen molar-refractivity contribution in [3.63, 3.8) is 0 Å². The number of halogens is 3. The van der Waals surface area contributed by atoms with Gasteiger partial charge < -0.3 is 15.5 Å². The van der Waals surface area contributed by atoms with E-state index >= 15 is 4.39 Å². The normalized spacial score (nSPS) is 13.6. The summed E-state index contributed by atoms with van der Waals surface area (Å²) in [6.45, 7) is 3.24. The minimum absolute atomic E-state index is 0.196. The van der Waals surface area contributed by atoms with E-state index in [1.54, 1.807) is 18.3 Å². The average molecular weight is 491 g/mol. The second-order valence-electron chi connectivity index (χ2n) is 8.25. The Labute approximate surface area is 204 Å². The Morgan fingerprint density at radius 1 is 0.889 bits per heavy atom. The highest BCUT2D eigenvalue weighted by molar-refractivity contribution is 6.11. The molecule has 2 heterocycles. The number of carbonyl (C=O) groups is 2. The largest absolute Gasteiger partial charge is 0.353 e. The summed E-state index contributed by atoms with van der Waals surface area (Å²) in [6.07, 6.45) is 1.69. The number of nitrogens with zero attached hydrogens (tertiary/aromatic N) is 3. The van der Waals surface area contributed by atoms with Gasteiger partial charge in [0.25, 0.3) is 5.91 Å². The number of benzene rings is 3. The fourth-order valence-electron chi connectivity index (χ4n) is 3.98. The van der Waals surface area contributed by atoms with E-state index in [1.165, 1.54) is 24.3 Å². The van der Waals surface area contributed by atoms with Gasteiger partial charge >= 0.3 is 0 Å². The lowest BCUT2D eigenvalue weighted by Gasteiger charge is -2.28. The van der Waals surface area contributed by atoms with Gasteiger partial charge in [-0.1, -0.05) is 6.07 Å². The van der Waals surface area contributed by atoms with E-state index in [0.29, 0.717) is 22.9 Å². The highest BCUT2D eigenvalue weighted by atomic mass is 19.2. The Morgan fingerprint density at radius 3 is 2.44 bits per heavy atom. The van der Waals surface area contributed by atoms with Gasteiger partial charge in [0.15, 0.2) is 23.2 Å². The van der Waals surface area contributed by atoms with Gasteiger partial charge in [0.05, 0.1) is 28.5 Å². The molecule has 0 radical (unpaired) electrons. The van der Waals surface area contributed by atoms with Gasteiger partial charge in [-0.05, 0) is 48.5 Å². The highest BCUT2D eigenvalue weighted by Crippen LogP contribution is 2.24. The standard InChI is InChI=1S/C26H20F3N5O2/c27-18-6-4-16(12-19(18)28)26(36)33-21-3-1-2-17(24(21)29)25(35)15-5-7-20-22(13-15)32-23(14-31-20)34-10-8-30-9-11-34/h1-7,12-14,30H,8-11H2,(H,33,36). The maximum atomic E-state index is 15.2. The fraction of sp³-hybridized carbons (Fsp3) is 0.154. The lowest BCUT2D eigenvalue weighted by molar-refractivity contribution is 0.101. The quantitative estimate of drug-likeness (QED) is 0.412. The van der Waals surface area contributed by atoms with E-state index in [4.69, 9.17) is 0 Å². The van der Waals surface area contributed by atoms with Crippen molar-refractivity contribution < 1.29 is 22.8 Å². The molecule has 1 aliphatic heterocycles. The zero-order chi connectivity index (χ0) is 25.2. The van der Waals surface area contributed by atoms with Crippen molar-refractivity contribution in [1.29, 1.82) is 0 Å². The van der Waals surface area contributed by atoms with Crippen LogP contribution in [0.4, 0.5) is 24.7 Å². The lowest BCUT2D eigenvalue weighted by Crippen LogP contribution is -2.43. The lowest BCUT2D eigenvalue weighted by atomic mass is 10.0. The van der Waals surface area contributed by atoms with E-state index < -0.39 is 29.1 Å². The van der Waals surface area contributed by atoms with Crippen LogP contribution in [0.1, 0.15) is 26.3 Å². The zero-order valence-corrected chi connectivity index (χ0v) is 18.9. The fourth-order valence-corrected chi connectivity index (χ4v) is 3.98. The smallest absolute Gasteiger partial charge is 0.255 e. The molecule has 4 aromatic rings. The van der Waals surface area contributed by atoms with Crippen LogP contribution in [0.3, 0.4) is 0 Å². The van der Waals surface area contributed by atoms with Crippen LogP contribution in [0.25, 0.3) is 11.0 Å². The zero-order valence-electron chi connectivity index (χ0n) is 18.9. The monoisotopic (exact) mass is 491 g/mol. The Morgan fingerprint density at radius 2 is 1.67 bits per heavy atom. The van der Waals surface area contributed by atoms with Crippen LogP contribution < -0.4 is 15.5 Å². The molecule has 1 amide bonds. The van der Waals surface area contributed by atoms with Gasteiger partial charge in [-0.2, -0.15) is 0 Å². The maximum Gasteiger partial charge on any atom is 0.255 e. The SMILES string of the molecule is O=C(Nc1cccc(C(=O)c2ccc3ncc(N4CCNCC4)nc3c2)c1F)c1ccc(F)c(F)c1. The van der Waals surface area contributed by atoms with Crippen molar-refractivity contribution in [3.8, 4) is 0 Å². The molecule has 0 unspecified atom stereocenters. The van der Waals surface area contributed by atoms with Crippen LogP contribution in [-0.4, -0.2) is 47.8 Å². The second-order valence-corrected chi connectivity index (χ2v) is 8.25. The van der Waals surface area contributed by atoms with Gasteiger partial charge in [0.2, 0.25) is 0 Å². The van der Waals surface area contributed by atoms with Crippen LogP contribution >= 0.6 is 0 Å². The minimum atomic E-state index is -1.20. The summed E-state index contributed by atoms with van der Waals surface area (Å²) in [5.41, 5.74) is 0.579. The van der Waals surface area contributed by atoms with Gasteiger partial charge in [0.1, 0.15) is 5.82 Å². The number of fused-ring (bicyclic) bond motifs is 1. The summed E-state index contributed by atoms with van der Waals surface area (Å²) in [6, 6.07) is 11.3. The molecule has 5 rings (SSSR count). The van der Waals surface area contributed by atoms with Gasteiger partial charge in [-0.25, -0.2) is 18.2 Å². The second kappa shape index (κ2) is 9.74. The summed E-state index contributed by atoms with van der Waals surface area (Å²) in [4.78, 5) is 36.7. The van der Waals surface area contributed by atoms with E-state index in [9.17, 15) is 18.4 Å². The number of anilines is 2. The van der Waals surface area contributed by atoms with Gasteiger partial charge in [-0.3, -0.25) is 14.6 Å². The average Bonchev–Trinajstić information content (AvgIpc) is 2.91. The van der Waals surface area contributed by atoms with Crippen molar-refractivity contribution in [2.45, 2.75) is 0 Å². The number of amides is 1. The van der Waals surface area contributed by atoms with Crippen molar-refractivity contribution >= 4 is 34.2 Å². The number of aromatic nitrogens is 2. The summed E-state index contributed by atoms with van der Waals surface area (Å²) in [5.74, 6) is -4.01. The third-order valence-electron chi connectivity index (χ3n) is 5.91. The van der Waals surface area contributed by atoms with Crippen LogP contribution in [-0.2, 0) is 0 Å². The van der Waals surface area contributed by atoms with E-state index in [0.717, 1.165) is 38.3 Å². The Kier molecular flexibility index (Phi) is 6.34. The van der Waals surface area contributed by atoms with Gasteiger partial charge in [-0.15, -0.1) is 0 Å². The minimum Gasteiger partial charge on any atom is -0.353 e. The third-order valence-corrected chi connectivity index (χ3v) is 5.91. The molecule has 1 saturated heterocycles. The molecular formula is C26H20F3N5O2. The molecule has 0 spiro atoms. The summed E-state index contributed by atoms with van der Waals surface area (Å²) >= 11 is 0. The summed E-state index contributed by atoms with van der Waals surface area (Å²) in [7, 11) is 0. The molecule has 0 atom stereocenters. The number of hydrogen-bond donors (Lipinski definition) is 2. The summed E-state index contributed by atoms with van der Waals surface area (Å²) in [5, 5.41) is 5.58. The predicted molar refractivity (Wildman–Crippen MR) is 129 cm³/mol. The summed E-state index contributed by atoms with van der Waals surface area (Å²) < 4.78 is 41.9. The van der Waals surface area contributed by atoms with Crippen molar-refractivity contribution in [2.24, 2.45) is 0 Å². The molecule has 10 heteroatoms. The first-order valence-corrected chi connectivity index (χ1v) is 11.2. The molecule has 1 aromatic heterocycles. The number of ketones is 1. The third kappa shape index (κ3) is 4.63. The van der Waals surface area contributed by atoms with Crippen LogP contribution in [0.15, 0.2) is 60.8 Å². The molecule has 182 valence electrons. The van der Waals surface area contributed by atoms with E-state index in [2.05, 4.69) is 25.5 Å². The molecule has 1 aliphatic rings. The molecule has 0 bridgehead atoms.